The molecule has 0 unspecified atom stereocenters. The van der Waals surface area contributed by atoms with Crippen molar-refractivity contribution in [1.82, 2.24) is 5.32 Å². The van der Waals surface area contributed by atoms with Crippen molar-refractivity contribution in [2.75, 3.05) is 17.2 Å². The first kappa shape index (κ1) is 23.3. The van der Waals surface area contributed by atoms with Crippen LogP contribution in [0.2, 0.25) is 0 Å². The number of hydrogen-bond acceptors (Lipinski definition) is 4. The van der Waals surface area contributed by atoms with Gasteiger partial charge in [0.25, 0.3) is 0 Å². The molecule has 1 rings (SSSR count). The lowest BCUT2D eigenvalue weighted by molar-refractivity contribution is -0.123. The molecule has 0 bridgehead atoms. The molecule has 0 fully saturated rings. The Balaban J connectivity index is 3.08. The van der Waals surface area contributed by atoms with E-state index in [0.717, 1.165) is 17.0 Å². The standard InChI is InChI=1S/C20H34N2O4S/c1-9-26-17-12-10-16(11-13-17)22(27(8,24)25)15(2)18(23)21-20(6,7)14-19(3,4)5/h10-13,15H,9,14H2,1-8H3,(H,21,23)/t15-/m0/s1. The van der Waals surface area contributed by atoms with Gasteiger partial charge in [0.05, 0.1) is 18.6 Å². The van der Waals surface area contributed by atoms with Crippen molar-refractivity contribution in [1.29, 1.82) is 0 Å². The number of carbonyl (C=O) groups excluding carboxylic acids is 1. The Bertz CT molecular complexity index is 734. The van der Waals surface area contributed by atoms with Gasteiger partial charge in [-0.05, 0) is 63.8 Å². The number of ether oxygens (including phenoxy) is 1. The number of hydrogen-bond donors (Lipinski definition) is 1. The van der Waals surface area contributed by atoms with Gasteiger partial charge in [0, 0.05) is 5.54 Å². The van der Waals surface area contributed by atoms with Gasteiger partial charge < -0.3 is 10.1 Å². The van der Waals surface area contributed by atoms with Crippen LogP contribution in [-0.2, 0) is 14.8 Å². The number of benzene rings is 1. The van der Waals surface area contributed by atoms with Crippen LogP contribution in [0.1, 0.15) is 54.9 Å². The lowest BCUT2D eigenvalue weighted by Gasteiger charge is -2.36. The Kier molecular flexibility index (Phi) is 7.33. The fraction of sp³-hybridized carbons (Fsp3) is 0.650. The molecule has 0 aliphatic rings. The van der Waals surface area contributed by atoms with Gasteiger partial charge >= 0.3 is 0 Å². The molecular weight excluding hydrogens is 364 g/mol. The van der Waals surface area contributed by atoms with E-state index in [4.69, 9.17) is 4.74 Å². The molecule has 0 saturated carbocycles. The Morgan fingerprint density at radius 3 is 2.07 bits per heavy atom. The molecule has 0 aliphatic heterocycles. The van der Waals surface area contributed by atoms with Crippen LogP contribution in [0.4, 0.5) is 5.69 Å². The van der Waals surface area contributed by atoms with E-state index >= 15 is 0 Å². The van der Waals surface area contributed by atoms with Crippen molar-refractivity contribution in [3.63, 3.8) is 0 Å². The summed E-state index contributed by atoms with van der Waals surface area (Å²) in [6.45, 7) is 14.2. The first-order valence-corrected chi connectivity index (χ1v) is 11.1. The van der Waals surface area contributed by atoms with E-state index in [9.17, 15) is 13.2 Å². The maximum absolute atomic E-state index is 12.8. The second kappa shape index (κ2) is 8.50. The Morgan fingerprint density at radius 2 is 1.67 bits per heavy atom. The number of amides is 1. The highest BCUT2D eigenvalue weighted by molar-refractivity contribution is 7.92. The third-order valence-electron chi connectivity index (χ3n) is 3.92. The molecule has 1 aromatic carbocycles. The predicted molar refractivity (Wildman–Crippen MR) is 111 cm³/mol. The van der Waals surface area contributed by atoms with Crippen molar-refractivity contribution in [2.45, 2.75) is 66.5 Å². The Hall–Kier alpha value is -1.76. The van der Waals surface area contributed by atoms with E-state index in [1.807, 2.05) is 20.8 Å². The third-order valence-corrected chi connectivity index (χ3v) is 5.17. The average Bonchev–Trinajstić information content (AvgIpc) is 2.44. The van der Waals surface area contributed by atoms with Gasteiger partial charge in [-0.15, -0.1) is 0 Å². The maximum Gasteiger partial charge on any atom is 0.244 e. The Labute approximate surface area is 164 Å². The quantitative estimate of drug-likeness (QED) is 0.726. The topological polar surface area (TPSA) is 75.7 Å². The zero-order valence-corrected chi connectivity index (χ0v) is 18.6. The smallest absolute Gasteiger partial charge is 0.244 e. The van der Waals surface area contributed by atoms with Crippen LogP contribution in [0.3, 0.4) is 0 Å². The van der Waals surface area contributed by atoms with Gasteiger partial charge in [-0.25, -0.2) is 8.42 Å². The fourth-order valence-electron chi connectivity index (χ4n) is 3.47. The molecule has 1 amide bonds. The van der Waals surface area contributed by atoms with E-state index in [-0.39, 0.29) is 11.3 Å². The summed E-state index contributed by atoms with van der Waals surface area (Å²) in [5, 5.41) is 3.00. The van der Waals surface area contributed by atoms with E-state index in [1.165, 1.54) is 0 Å². The lowest BCUT2D eigenvalue weighted by Crippen LogP contribution is -2.54. The summed E-state index contributed by atoms with van der Waals surface area (Å²) in [6, 6.07) is 5.82. The van der Waals surface area contributed by atoms with E-state index < -0.39 is 21.6 Å². The normalized spacial score (nSPS) is 13.8. The largest absolute Gasteiger partial charge is 0.494 e. The summed E-state index contributed by atoms with van der Waals surface area (Å²) in [5.74, 6) is 0.321. The summed E-state index contributed by atoms with van der Waals surface area (Å²) < 4.78 is 31.3. The minimum Gasteiger partial charge on any atom is -0.494 e. The minimum absolute atomic E-state index is 0.0334. The maximum atomic E-state index is 12.8. The van der Waals surface area contributed by atoms with E-state index in [0.29, 0.717) is 18.0 Å². The Morgan fingerprint density at radius 1 is 1.15 bits per heavy atom. The SMILES string of the molecule is CCOc1ccc(N([C@@H](C)C(=O)NC(C)(C)CC(C)(C)C)S(C)(=O)=O)cc1. The van der Waals surface area contributed by atoms with Crippen LogP contribution in [0.5, 0.6) is 5.75 Å². The highest BCUT2D eigenvalue weighted by Gasteiger charge is 2.33. The second-order valence-electron chi connectivity index (χ2n) is 8.77. The molecular formula is C20H34N2O4S. The first-order valence-electron chi connectivity index (χ1n) is 9.20. The van der Waals surface area contributed by atoms with Gasteiger partial charge in [0.15, 0.2) is 0 Å². The molecule has 27 heavy (non-hydrogen) atoms. The zero-order chi connectivity index (χ0) is 21.0. The van der Waals surface area contributed by atoms with Gasteiger partial charge in [0.1, 0.15) is 11.8 Å². The van der Waals surface area contributed by atoms with Gasteiger partial charge in [-0.3, -0.25) is 9.10 Å². The molecule has 0 aliphatic carbocycles. The summed E-state index contributed by atoms with van der Waals surface area (Å²) >= 11 is 0. The molecule has 1 aromatic rings. The number of carbonyl (C=O) groups is 1. The summed E-state index contributed by atoms with van der Waals surface area (Å²) in [4.78, 5) is 12.8. The number of nitrogens with one attached hydrogen (secondary N) is 1. The summed E-state index contributed by atoms with van der Waals surface area (Å²) in [5.41, 5.74) is 0.00858. The van der Waals surface area contributed by atoms with Crippen LogP contribution in [-0.4, -0.2) is 38.8 Å². The number of anilines is 1. The van der Waals surface area contributed by atoms with Crippen LogP contribution in [0.15, 0.2) is 24.3 Å². The highest BCUT2D eigenvalue weighted by Crippen LogP contribution is 2.28. The van der Waals surface area contributed by atoms with Gasteiger partial charge in [0.2, 0.25) is 15.9 Å². The van der Waals surface area contributed by atoms with Crippen molar-refractivity contribution < 1.29 is 17.9 Å². The molecule has 1 atom stereocenters. The lowest BCUT2D eigenvalue weighted by atomic mass is 9.81. The van der Waals surface area contributed by atoms with Crippen LogP contribution in [0.25, 0.3) is 0 Å². The van der Waals surface area contributed by atoms with Crippen LogP contribution >= 0.6 is 0 Å². The van der Waals surface area contributed by atoms with Crippen molar-refractivity contribution in [2.24, 2.45) is 5.41 Å². The van der Waals surface area contributed by atoms with E-state index in [2.05, 4.69) is 26.1 Å². The first-order chi connectivity index (χ1) is 12.2. The molecule has 0 heterocycles. The van der Waals surface area contributed by atoms with Crippen molar-refractivity contribution in [3.8, 4) is 5.75 Å². The highest BCUT2D eigenvalue weighted by atomic mass is 32.2. The number of nitrogens with zero attached hydrogens (tertiary/aromatic N) is 1. The molecule has 0 aromatic heterocycles. The average molecular weight is 399 g/mol. The summed E-state index contributed by atoms with van der Waals surface area (Å²) in [6.07, 6.45) is 1.87. The van der Waals surface area contributed by atoms with Gasteiger partial charge in [-0.1, -0.05) is 20.8 Å². The fourth-order valence-corrected chi connectivity index (χ4v) is 4.65. The summed E-state index contributed by atoms with van der Waals surface area (Å²) in [7, 11) is -3.65. The number of sulfonamides is 1. The zero-order valence-electron chi connectivity index (χ0n) is 17.8. The van der Waals surface area contributed by atoms with Gasteiger partial charge in [-0.2, -0.15) is 0 Å². The van der Waals surface area contributed by atoms with Crippen LogP contribution < -0.4 is 14.4 Å². The van der Waals surface area contributed by atoms with E-state index in [1.54, 1.807) is 31.2 Å². The molecule has 0 spiro atoms. The molecule has 1 N–H and O–H groups in total. The van der Waals surface area contributed by atoms with Crippen molar-refractivity contribution in [3.05, 3.63) is 24.3 Å². The predicted octanol–water partition coefficient (Wildman–Crippen LogP) is 3.57. The molecule has 6 nitrogen and oxygen atoms in total. The molecule has 0 radical (unpaired) electrons. The molecule has 7 heteroatoms. The molecule has 154 valence electrons. The monoisotopic (exact) mass is 398 g/mol. The second-order valence-corrected chi connectivity index (χ2v) is 10.6. The van der Waals surface area contributed by atoms with Crippen molar-refractivity contribution >= 4 is 21.6 Å². The third kappa shape index (κ3) is 7.40. The minimum atomic E-state index is -3.65. The number of rotatable bonds is 8. The van der Waals surface area contributed by atoms with Crippen LogP contribution in [0, 0.1) is 5.41 Å². The molecule has 0 saturated heterocycles.